The Hall–Kier alpha value is -1.38. The summed E-state index contributed by atoms with van der Waals surface area (Å²) in [7, 11) is 3.11. The zero-order valence-corrected chi connectivity index (χ0v) is 17.7. The first-order valence-corrected chi connectivity index (χ1v) is 9.81. The van der Waals surface area contributed by atoms with Crippen LogP contribution in [0.3, 0.4) is 0 Å². The van der Waals surface area contributed by atoms with Crippen molar-refractivity contribution in [1.29, 1.82) is 0 Å². The van der Waals surface area contributed by atoms with Crippen molar-refractivity contribution < 1.29 is 23.9 Å². The van der Waals surface area contributed by atoms with Gasteiger partial charge in [0, 0.05) is 52.2 Å². The summed E-state index contributed by atoms with van der Waals surface area (Å²) >= 11 is 0. The first-order valence-electron chi connectivity index (χ1n) is 9.81. The van der Waals surface area contributed by atoms with Gasteiger partial charge in [0.1, 0.15) is 5.60 Å². The van der Waals surface area contributed by atoms with Crippen molar-refractivity contribution in [2.24, 2.45) is 0 Å². The van der Waals surface area contributed by atoms with E-state index in [1.807, 2.05) is 25.8 Å². The van der Waals surface area contributed by atoms with E-state index >= 15 is 0 Å². The fraction of sp³-hybridized carbons (Fsp3) is 0.895. The van der Waals surface area contributed by atoms with Crippen LogP contribution in [0.2, 0.25) is 0 Å². The number of carbonyl (C=O) groups excluding carboxylic acids is 2. The Morgan fingerprint density at radius 1 is 0.963 bits per heavy atom. The molecule has 0 atom stereocenters. The third-order valence-corrected chi connectivity index (χ3v) is 4.46. The summed E-state index contributed by atoms with van der Waals surface area (Å²) in [6.07, 6.45) is 3.05. The van der Waals surface area contributed by atoms with Gasteiger partial charge in [-0.3, -0.25) is 9.69 Å². The second-order valence-corrected chi connectivity index (χ2v) is 7.81. The molecule has 0 bridgehead atoms. The average Bonchev–Trinajstić information content (AvgIpc) is 2.62. The summed E-state index contributed by atoms with van der Waals surface area (Å²) in [6, 6.07) is 0. The van der Waals surface area contributed by atoms with Crippen LogP contribution in [0.25, 0.3) is 0 Å². The molecule has 0 radical (unpaired) electrons. The van der Waals surface area contributed by atoms with Crippen LogP contribution in [0.5, 0.6) is 0 Å². The molecule has 0 N–H and O–H groups in total. The molecule has 0 aromatic carbocycles. The first kappa shape index (κ1) is 23.7. The van der Waals surface area contributed by atoms with Crippen molar-refractivity contribution in [1.82, 2.24) is 14.9 Å². The lowest BCUT2D eigenvalue weighted by Crippen LogP contribution is -2.51. The Bertz CT molecular complexity index is 445. The highest BCUT2D eigenvalue weighted by atomic mass is 16.7. The van der Waals surface area contributed by atoms with Crippen molar-refractivity contribution >= 4 is 12.1 Å². The molecule has 27 heavy (non-hydrogen) atoms. The minimum atomic E-state index is -0.454. The highest BCUT2D eigenvalue weighted by Gasteiger charge is 2.25. The molecule has 0 aromatic heterocycles. The van der Waals surface area contributed by atoms with Gasteiger partial charge in [0.05, 0.1) is 14.2 Å². The Balaban J connectivity index is 2.18. The van der Waals surface area contributed by atoms with Gasteiger partial charge in [-0.1, -0.05) is 6.42 Å². The van der Waals surface area contributed by atoms with Gasteiger partial charge < -0.3 is 19.2 Å². The van der Waals surface area contributed by atoms with E-state index in [-0.39, 0.29) is 12.1 Å². The van der Waals surface area contributed by atoms with Crippen LogP contribution < -0.4 is 0 Å². The molecule has 1 rings (SSSR count). The maximum absolute atomic E-state index is 12.1. The molecule has 1 aliphatic rings. The third-order valence-electron chi connectivity index (χ3n) is 4.46. The molecule has 0 saturated carbocycles. The molecular formula is C19H37N3O5. The monoisotopic (exact) mass is 387 g/mol. The minimum absolute atomic E-state index is 0.149. The van der Waals surface area contributed by atoms with E-state index in [0.717, 1.165) is 52.0 Å². The lowest BCUT2D eigenvalue weighted by molar-refractivity contribution is -0.141. The van der Waals surface area contributed by atoms with E-state index < -0.39 is 5.60 Å². The van der Waals surface area contributed by atoms with E-state index in [1.165, 1.54) is 7.11 Å². The number of piperazine rings is 1. The predicted molar refractivity (Wildman–Crippen MR) is 103 cm³/mol. The Morgan fingerprint density at radius 3 is 2.19 bits per heavy atom. The van der Waals surface area contributed by atoms with Gasteiger partial charge in [-0.25, -0.2) is 4.79 Å². The molecule has 0 spiro atoms. The summed E-state index contributed by atoms with van der Waals surface area (Å²) in [6.45, 7) is 11.3. The number of unbranched alkanes of at least 4 members (excludes halogenated alkanes) is 2. The standard InChI is InChI=1S/C19H37N3O5/c1-19(2,3)27-18(24)21-14-11-20(12-15-21)13-16-22(26-5)10-8-6-7-9-17(23)25-4/h6-16H2,1-5H3. The second kappa shape index (κ2) is 12.2. The van der Waals surface area contributed by atoms with E-state index in [0.29, 0.717) is 19.5 Å². The lowest BCUT2D eigenvalue weighted by Gasteiger charge is -2.36. The molecule has 1 fully saturated rings. The van der Waals surface area contributed by atoms with Crippen LogP contribution in [0.4, 0.5) is 4.79 Å². The molecule has 1 amide bonds. The molecule has 8 nitrogen and oxygen atoms in total. The molecule has 1 aliphatic heterocycles. The van der Waals surface area contributed by atoms with Crippen LogP contribution in [0.1, 0.15) is 46.5 Å². The summed E-state index contributed by atoms with van der Waals surface area (Å²) in [5.41, 5.74) is -0.454. The van der Waals surface area contributed by atoms with Gasteiger partial charge in [-0.15, -0.1) is 0 Å². The summed E-state index contributed by atoms with van der Waals surface area (Å²) in [4.78, 5) is 32.7. The van der Waals surface area contributed by atoms with Crippen LogP contribution in [0, 0.1) is 0 Å². The molecular weight excluding hydrogens is 350 g/mol. The largest absolute Gasteiger partial charge is 0.469 e. The quantitative estimate of drug-likeness (QED) is 0.323. The Kier molecular flexibility index (Phi) is 10.6. The number of esters is 1. The average molecular weight is 388 g/mol. The number of carbonyl (C=O) groups is 2. The fourth-order valence-corrected chi connectivity index (χ4v) is 2.86. The molecule has 0 aliphatic carbocycles. The zero-order valence-electron chi connectivity index (χ0n) is 17.7. The SMILES string of the molecule is COC(=O)CCCCCN(CCN1CCN(C(=O)OC(C)(C)C)CC1)OC. The molecule has 0 aromatic rings. The van der Waals surface area contributed by atoms with Crippen LogP contribution in [0.15, 0.2) is 0 Å². The number of amides is 1. The predicted octanol–water partition coefficient (Wildman–Crippen LogP) is 2.14. The van der Waals surface area contributed by atoms with Crippen molar-refractivity contribution in [2.75, 3.05) is 60.0 Å². The number of ether oxygens (including phenoxy) is 2. The summed E-state index contributed by atoms with van der Waals surface area (Å²) < 4.78 is 10.1. The van der Waals surface area contributed by atoms with E-state index in [2.05, 4.69) is 9.64 Å². The number of nitrogens with zero attached hydrogens (tertiary/aromatic N) is 3. The van der Waals surface area contributed by atoms with Crippen LogP contribution in [-0.4, -0.2) is 92.6 Å². The molecule has 8 heteroatoms. The smallest absolute Gasteiger partial charge is 0.410 e. The first-order chi connectivity index (χ1) is 12.7. The minimum Gasteiger partial charge on any atom is -0.469 e. The highest BCUT2D eigenvalue weighted by molar-refractivity contribution is 5.69. The number of hydroxylamine groups is 2. The van der Waals surface area contributed by atoms with Crippen LogP contribution in [-0.2, 0) is 19.1 Å². The summed E-state index contributed by atoms with van der Waals surface area (Å²) in [5.74, 6) is -0.149. The van der Waals surface area contributed by atoms with Crippen LogP contribution >= 0.6 is 0 Å². The summed E-state index contributed by atoms with van der Waals surface area (Å²) in [5, 5.41) is 1.96. The Morgan fingerprint density at radius 2 is 1.63 bits per heavy atom. The maximum Gasteiger partial charge on any atom is 0.410 e. The second-order valence-electron chi connectivity index (χ2n) is 7.81. The maximum atomic E-state index is 12.1. The normalized spacial score (nSPS) is 15.9. The van der Waals surface area contributed by atoms with Gasteiger partial charge in [0.25, 0.3) is 0 Å². The lowest BCUT2D eigenvalue weighted by atomic mass is 10.2. The molecule has 1 saturated heterocycles. The number of methoxy groups -OCH3 is 1. The van der Waals surface area contributed by atoms with E-state index in [9.17, 15) is 9.59 Å². The third kappa shape index (κ3) is 10.5. The van der Waals surface area contributed by atoms with E-state index in [4.69, 9.17) is 9.57 Å². The van der Waals surface area contributed by atoms with Crippen molar-refractivity contribution in [3.05, 3.63) is 0 Å². The zero-order chi connectivity index (χ0) is 20.3. The van der Waals surface area contributed by atoms with Gasteiger partial charge >= 0.3 is 12.1 Å². The van der Waals surface area contributed by atoms with E-state index in [1.54, 1.807) is 12.0 Å². The fourth-order valence-electron chi connectivity index (χ4n) is 2.86. The van der Waals surface area contributed by atoms with Crippen molar-refractivity contribution in [3.8, 4) is 0 Å². The Labute approximate surface area is 163 Å². The van der Waals surface area contributed by atoms with Gasteiger partial charge in [0.15, 0.2) is 0 Å². The topological polar surface area (TPSA) is 71.6 Å². The number of hydrogen-bond donors (Lipinski definition) is 0. The number of rotatable bonds is 10. The number of hydrogen-bond acceptors (Lipinski definition) is 7. The van der Waals surface area contributed by atoms with Crippen molar-refractivity contribution in [3.63, 3.8) is 0 Å². The van der Waals surface area contributed by atoms with Crippen molar-refractivity contribution in [2.45, 2.75) is 52.1 Å². The molecule has 158 valence electrons. The highest BCUT2D eigenvalue weighted by Crippen LogP contribution is 2.12. The van der Waals surface area contributed by atoms with Gasteiger partial charge in [0.2, 0.25) is 0 Å². The van der Waals surface area contributed by atoms with Gasteiger partial charge in [-0.05, 0) is 33.6 Å². The van der Waals surface area contributed by atoms with Gasteiger partial charge in [-0.2, -0.15) is 5.06 Å². The molecule has 1 heterocycles. The molecule has 0 unspecified atom stereocenters.